The number of nitrogens with two attached hydrogens (primary N) is 1. The lowest BCUT2D eigenvalue weighted by Gasteiger charge is -2.19. The zero-order valence-electron chi connectivity index (χ0n) is 13.1. The molecule has 0 bridgehead atoms. The van der Waals surface area contributed by atoms with E-state index in [1.807, 2.05) is 24.6 Å². The van der Waals surface area contributed by atoms with E-state index in [-0.39, 0.29) is 11.9 Å². The van der Waals surface area contributed by atoms with Crippen LogP contribution in [-0.4, -0.2) is 22.2 Å². The molecule has 1 aromatic rings. The van der Waals surface area contributed by atoms with E-state index in [1.165, 1.54) is 0 Å². The number of carbonyl (C=O) groups is 1. The van der Waals surface area contributed by atoms with E-state index >= 15 is 0 Å². The smallest absolute Gasteiger partial charge is 0.225 e. The van der Waals surface area contributed by atoms with Gasteiger partial charge < -0.3 is 11.1 Å². The molecule has 5 heteroatoms. The number of nitrogens with zero attached hydrogens (tertiary/aromatic N) is 2. The number of nitrogens with one attached hydrogen (secondary N) is 1. The summed E-state index contributed by atoms with van der Waals surface area (Å²) in [6.07, 6.45) is 4.11. The minimum absolute atomic E-state index is 0.0510. The molecule has 3 N–H and O–H groups in total. The predicted octanol–water partition coefficient (Wildman–Crippen LogP) is 2.80. The van der Waals surface area contributed by atoms with Crippen LogP contribution in [0.2, 0.25) is 0 Å². The third-order valence-corrected chi connectivity index (χ3v) is 3.65. The Hall–Kier alpha value is -1.36. The molecule has 1 unspecified atom stereocenters. The van der Waals surface area contributed by atoms with Crippen LogP contribution in [-0.2, 0) is 4.79 Å². The van der Waals surface area contributed by atoms with Gasteiger partial charge in [-0.2, -0.15) is 5.10 Å². The fourth-order valence-corrected chi connectivity index (χ4v) is 2.37. The first-order valence-corrected chi connectivity index (χ1v) is 7.49. The highest BCUT2D eigenvalue weighted by Crippen LogP contribution is 2.21. The molecule has 1 atom stereocenters. The zero-order valence-corrected chi connectivity index (χ0v) is 13.1. The van der Waals surface area contributed by atoms with Gasteiger partial charge in [0.05, 0.1) is 6.20 Å². The SMILES string of the molecule is CC(C)C(CCN)CCC(=O)Nc1ccnn1C(C)C. The Labute approximate surface area is 121 Å². The Morgan fingerprint density at radius 1 is 1.35 bits per heavy atom. The van der Waals surface area contributed by atoms with Gasteiger partial charge in [0.25, 0.3) is 0 Å². The maximum absolute atomic E-state index is 12.0. The summed E-state index contributed by atoms with van der Waals surface area (Å²) in [4.78, 5) is 12.0. The third-order valence-electron chi connectivity index (χ3n) is 3.65. The van der Waals surface area contributed by atoms with Gasteiger partial charge in [-0.1, -0.05) is 13.8 Å². The van der Waals surface area contributed by atoms with E-state index in [1.54, 1.807) is 6.20 Å². The van der Waals surface area contributed by atoms with Crippen LogP contribution in [0.25, 0.3) is 0 Å². The molecule has 1 aromatic heterocycles. The first-order chi connectivity index (χ1) is 9.45. The van der Waals surface area contributed by atoms with Gasteiger partial charge in [-0.3, -0.25) is 4.79 Å². The molecule has 0 spiro atoms. The lowest BCUT2D eigenvalue weighted by Crippen LogP contribution is -2.20. The topological polar surface area (TPSA) is 72.9 Å². The molecule has 1 heterocycles. The summed E-state index contributed by atoms with van der Waals surface area (Å²) in [5.74, 6) is 1.90. The van der Waals surface area contributed by atoms with Gasteiger partial charge in [0, 0.05) is 18.5 Å². The molecule has 1 amide bonds. The van der Waals surface area contributed by atoms with Crippen molar-refractivity contribution in [2.24, 2.45) is 17.6 Å². The Bertz CT molecular complexity index is 412. The lowest BCUT2D eigenvalue weighted by molar-refractivity contribution is -0.116. The second-order valence-electron chi connectivity index (χ2n) is 5.92. The van der Waals surface area contributed by atoms with E-state index in [0.29, 0.717) is 24.8 Å². The minimum atomic E-state index is 0.0510. The van der Waals surface area contributed by atoms with E-state index in [9.17, 15) is 4.79 Å². The Morgan fingerprint density at radius 3 is 2.60 bits per heavy atom. The number of hydrogen-bond donors (Lipinski definition) is 2. The second kappa shape index (κ2) is 8.04. The van der Waals surface area contributed by atoms with Crippen molar-refractivity contribution >= 4 is 11.7 Å². The molecule has 20 heavy (non-hydrogen) atoms. The molecule has 0 aliphatic carbocycles. The van der Waals surface area contributed by atoms with Crippen LogP contribution in [0.15, 0.2) is 12.3 Å². The first-order valence-electron chi connectivity index (χ1n) is 7.49. The van der Waals surface area contributed by atoms with Crippen molar-refractivity contribution in [3.05, 3.63) is 12.3 Å². The normalized spacial score (nSPS) is 12.9. The number of rotatable bonds is 8. The van der Waals surface area contributed by atoms with Crippen LogP contribution >= 0.6 is 0 Å². The van der Waals surface area contributed by atoms with Gasteiger partial charge in [0.2, 0.25) is 5.91 Å². The molecule has 0 aliphatic rings. The molecule has 0 saturated carbocycles. The molecule has 5 nitrogen and oxygen atoms in total. The highest BCUT2D eigenvalue weighted by atomic mass is 16.1. The zero-order chi connectivity index (χ0) is 15.1. The van der Waals surface area contributed by atoms with E-state index < -0.39 is 0 Å². The summed E-state index contributed by atoms with van der Waals surface area (Å²) in [6.45, 7) is 9.14. The van der Waals surface area contributed by atoms with Crippen molar-refractivity contribution < 1.29 is 4.79 Å². The van der Waals surface area contributed by atoms with Crippen molar-refractivity contribution in [1.29, 1.82) is 0 Å². The number of amides is 1. The maximum atomic E-state index is 12.0. The van der Waals surface area contributed by atoms with Gasteiger partial charge in [0.1, 0.15) is 5.82 Å². The third kappa shape index (κ3) is 4.96. The second-order valence-corrected chi connectivity index (χ2v) is 5.92. The van der Waals surface area contributed by atoms with E-state index in [2.05, 4.69) is 24.3 Å². The van der Waals surface area contributed by atoms with Crippen molar-refractivity contribution in [2.75, 3.05) is 11.9 Å². The molecule has 1 rings (SSSR count). The summed E-state index contributed by atoms with van der Waals surface area (Å²) in [5, 5.41) is 7.15. The van der Waals surface area contributed by atoms with Crippen LogP contribution < -0.4 is 11.1 Å². The van der Waals surface area contributed by atoms with Crippen LogP contribution in [0, 0.1) is 11.8 Å². The monoisotopic (exact) mass is 280 g/mol. The minimum Gasteiger partial charge on any atom is -0.330 e. The maximum Gasteiger partial charge on any atom is 0.225 e. The molecule has 0 aliphatic heterocycles. The lowest BCUT2D eigenvalue weighted by atomic mass is 9.88. The van der Waals surface area contributed by atoms with Gasteiger partial charge in [0.15, 0.2) is 0 Å². The molecule has 114 valence electrons. The summed E-state index contributed by atoms with van der Waals surface area (Å²) in [5.41, 5.74) is 5.62. The van der Waals surface area contributed by atoms with Crippen molar-refractivity contribution in [2.45, 2.75) is 53.0 Å². The van der Waals surface area contributed by atoms with Crippen molar-refractivity contribution in [3.8, 4) is 0 Å². The number of anilines is 1. The molecule has 0 radical (unpaired) electrons. The van der Waals surface area contributed by atoms with Gasteiger partial charge in [-0.15, -0.1) is 0 Å². The van der Waals surface area contributed by atoms with E-state index in [4.69, 9.17) is 5.73 Å². The fraction of sp³-hybridized carbons (Fsp3) is 0.733. The highest BCUT2D eigenvalue weighted by Gasteiger charge is 2.15. The van der Waals surface area contributed by atoms with Crippen LogP contribution in [0.3, 0.4) is 0 Å². The molecular formula is C15H28N4O. The summed E-state index contributed by atoms with van der Waals surface area (Å²) >= 11 is 0. The molecule has 0 saturated heterocycles. The van der Waals surface area contributed by atoms with Crippen LogP contribution in [0.5, 0.6) is 0 Å². The average Bonchev–Trinajstić information content (AvgIpc) is 2.82. The first kappa shape index (κ1) is 16.7. The average molecular weight is 280 g/mol. The Balaban J connectivity index is 2.49. The molecule has 0 fully saturated rings. The van der Waals surface area contributed by atoms with Crippen molar-refractivity contribution in [3.63, 3.8) is 0 Å². The Morgan fingerprint density at radius 2 is 2.05 bits per heavy atom. The summed E-state index contributed by atoms with van der Waals surface area (Å²) in [7, 11) is 0. The standard InChI is InChI=1S/C15H28N4O/c1-11(2)13(7-9-16)5-6-15(20)18-14-8-10-17-19(14)12(3)4/h8,10-13H,5-7,9,16H2,1-4H3,(H,18,20). The summed E-state index contributed by atoms with van der Waals surface area (Å²) in [6, 6.07) is 2.07. The number of aromatic nitrogens is 2. The van der Waals surface area contributed by atoms with E-state index in [0.717, 1.165) is 18.7 Å². The quantitative estimate of drug-likeness (QED) is 0.769. The van der Waals surface area contributed by atoms with Crippen LogP contribution in [0.4, 0.5) is 5.82 Å². The molecule has 0 aromatic carbocycles. The van der Waals surface area contributed by atoms with Gasteiger partial charge in [-0.25, -0.2) is 4.68 Å². The largest absolute Gasteiger partial charge is 0.330 e. The fourth-order valence-electron chi connectivity index (χ4n) is 2.37. The van der Waals surface area contributed by atoms with Gasteiger partial charge >= 0.3 is 0 Å². The predicted molar refractivity (Wildman–Crippen MR) is 82.5 cm³/mol. The highest BCUT2D eigenvalue weighted by molar-refractivity contribution is 5.89. The van der Waals surface area contributed by atoms with Crippen molar-refractivity contribution in [1.82, 2.24) is 9.78 Å². The molecular weight excluding hydrogens is 252 g/mol. The summed E-state index contributed by atoms with van der Waals surface area (Å²) < 4.78 is 1.82. The number of hydrogen-bond acceptors (Lipinski definition) is 3. The number of carbonyl (C=O) groups excluding carboxylic acids is 1. The van der Waals surface area contributed by atoms with Gasteiger partial charge in [-0.05, 0) is 45.1 Å². The Kier molecular flexibility index (Phi) is 6.71. The van der Waals surface area contributed by atoms with Crippen LogP contribution in [0.1, 0.15) is 53.0 Å².